The van der Waals surface area contributed by atoms with Crippen molar-refractivity contribution in [2.45, 2.75) is 13.3 Å². The molecule has 1 N–H and O–H groups in total. The summed E-state index contributed by atoms with van der Waals surface area (Å²) in [6, 6.07) is 11.2. The highest BCUT2D eigenvalue weighted by molar-refractivity contribution is 6.14. The lowest BCUT2D eigenvalue weighted by Crippen LogP contribution is -2.47. The molecule has 4 rings (SSSR count). The second-order valence-corrected chi connectivity index (χ2v) is 8.99. The van der Waals surface area contributed by atoms with Gasteiger partial charge in [0.05, 0.1) is 33.6 Å². The zero-order valence-corrected chi connectivity index (χ0v) is 22.5. The first-order chi connectivity index (χ1) is 18.5. The van der Waals surface area contributed by atoms with Gasteiger partial charge in [0, 0.05) is 32.7 Å². The first-order valence-corrected chi connectivity index (χ1v) is 12.8. The van der Waals surface area contributed by atoms with E-state index in [1.54, 1.807) is 18.2 Å². The molecule has 0 bridgehead atoms. The zero-order chi connectivity index (χ0) is 27.1. The molecule has 0 atom stereocenters. The lowest BCUT2D eigenvalue weighted by molar-refractivity contribution is -0.122. The van der Waals surface area contributed by atoms with Gasteiger partial charge in [0.1, 0.15) is 11.4 Å². The van der Waals surface area contributed by atoms with Crippen LogP contribution in [-0.4, -0.2) is 88.9 Å². The van der Waals surface area contributed by atoms with Gasteiger partial charge in [-0.05, 0) is 55.8 Å². The Hall–Kier alpha value is -3.92. The minimum atomic E-state index is -0.411. The number of methoxy groups -OCH3 is 3. The van der Waals surface area contributed by atoms with Gasteiger partial charge in [-0.15, -0.1) is 0 Å². The van der Waals surface area contributed by atoms with Gasteiger partial charge in [-0.2, -0.15) is 0 Å². The minimum Gasteiger partial charge on any atom is -0.493 e. The molecule has 2 aliphatic heterocycles. The molecule has 2 heterocycles. The summed E-state index contributed by atoms with van der Waals surface area (Å²) in [6.45, 7) is 7.41. The summed E-state index contributed by atoms with van der Waals surface area (Å²) in [5.41, 5.74) is 1.99. The molecule has 10 heteroatoms. The van der Waals surface area contributed by atoms with Gasteiger partial charge in [0.2, 0.25) is 5.75 Å². The minimum absolute atomic E-state index is 0.214. The molecule has 2 fully saturated rings. The lowest BCUT2D eigenvalue weighted by Gasteiger charge is -2.36. The molecular formula is C28H36N4O6. The third-order valence-electron chi connectivity index (χ3n) is 6.69. The largest absolute Gasteiger partial charge is 0.493 e. The van der Waals surface area contributed by atoms with E-state index in [4.69, 9.17) is 18.9 Å². The van der Waals surface area contributed by atoms with Crippen LogP contribution in [0.25, 0.3) is 6.08 Å². The second-order valence-electron chi connectivity index (χ2n) is 8.99. The van der Waals surface area contributed by atoms with Crippen LogP contribution >= 0.6 is 0 Å². The summed E-state index contributed by atoms with van der Waals surface area (Å²) >= 11 is 0. The number of carbonyl (C=O) groups excluding carboxylic acids is 2. The van der Waals surface area contributed by atoms with Crippen LogP contribution in [0.2, 0.25) is 0 Å². The monoisotopic (exact) mass is 524 g/mol. The maximum atomic E-state index is 13.0. The van der Waals surface area contributed by atoms with Gasteiger partial charge in [-0.25, -0.2) is 4.79 Å². The topological polar surface area (TPSA) is 92.8 Å². The summed E-state index contributed by atoms with van der Waals surface area (Å²) in [4.78, 5) is 31.5. The second kappa shape index (κ2) is 12.6. The molecule has 0 aromatic heterocycles. The number of hydrogen-bond donors (Lipinski definition) is 1. The molecule has 3 amide bonds. The number of piperazine rings is 1. The van der Waals surface area contributed by atoms with Crippen LogP contribution < -0.4 is 29.2 Å². The molecule has 10 nitrogen and oxygen atoms in total. The van der Waals surface area contributed by atoms with Gasteiger partial charge < -0.3 is 29.2 Å². The lowest BCUT2D eigenvalue weighted by atomic mass is 10.1. The van der Waals surface area contributed by atoms with Crippen molar-refractivity contribution in [3.63, 3.8) is 0 Å². The zero-order valence-electron chi connectivity index (χ0n) is 22.5. The van der Waals surface area contributed by atoms with Crippen molar-refractivity contribution in [1.82, 2.24) is 15.1 Å². The van der Waals surface area contributed by atoms with E-state index < -0.39 is 6.03 Å². The fourth-order valence-electron chi connectivity index (χ4n) is 4.79. The van der Waals surface area contributed by atoms with Gasteiger partial charge in [-0.1, -0.05) is 12.1 Å². The average Bonchev–Trinajstić information content (AvgIpc) is 3.20. The van der Waals surface area contributed by atoms with Crippen LogP contribution in [0.5, 0.6) is 23.0 Å². The number of ether oxygens (including phenoxy) is 4. The van der Waals surface area contributed by atoms with E-state index in [2.05, 4.69) is 21.2 Å². The van der Waals surface area contributed by atoms with Crippen molar-refractivity contribution in [2.24, 2.45) is 0 Å². The summed E-state index contributed by atoms with van der Waals surface area (Å²) in [6.07, 6.45) is 2.32. The van der Waals surface area contributed by atoms with Gasteiger partial charge in [-0.3, -0.25) is 14.6 Å². The number of nitrogens with zero attached hydrogens (tertiary/aromatic N) is 3. The molecule has 0 saturated carbocycles. The Morgan fingerprint density at radius 2 is 1.58 bits per heavy atom. The van der Waals surface area contributed by atoms with Crippen LogP contribution in [0, 0.1) is 0 Å². The van der Waals surface area contributed by atoms with E-state index in [0.29, 0.717) is 42.4 Å². The third-order valence-corrected chi connectivity index (χ3v) is 6.69. The quantitative estimate of drug-likeness (QED) is 0.354. The number of amides is 3. The highest BCUT2D eigenvalue weighted by Gasteiger charge is 2.33. The van der Waals surface area contributed by atoms with Crippen LogP contribution in [0.3, 0.4) is 0 Å². The normalized spacial score (nSPS) is 17.1. The van der Waals surface area contributed by atoms with Gasteiger partial charge >= 0.3 is 6.03 Å². The predicted molar refractivity (Wildman–Crippen MR) is 145 cm³/mol. The number of urea groups is 1. The Morgan fingerprint density at radius 1 is 0.895 bits per heavy atom. The fraction of sp³-hybridized carbons (Fsp3) is 0.429. The third kappa shape index (κ3) is 5.96. The standard InChI is InChI=1S/C28H36N4O6/c1-5-38-23-10-7-6-9-22(23)31-15-13-30(14-16-31)11-8-12-32-27(33)21(29-28(32)34)17-20-18-24(35-2)26(37-4)25(19-20)36-3/h6-7,9-10,17-19H,5,8,11-16H2,1-4H3,(H,29,34)/b21-17+. The summed E-state index contributed by atoms with van der Waals surface area (Å²) < 4.78 is 21.9. The number of rotatable bonds is 11. The summed E-state index contributed by atoms with van der Waals surface area (Å²) in [7, 11) is 4.58. The molecule has 0 aliphatic carbocycles. The molecule has 2 aliphatic rings. The van der Waals surface area contributed by atoms with E-state index in [0.717, 1.165) is 44.2 Å². The van der Waals surface area contributed by atoms with Crippen molar-refractivity contribution < 1.29 is 28.5 Å². The Kier molecular flexibility index (Phi) is 8.96. The molecule has 0 unspecified atom stereocenters. The Bertz CT molecular complexity index is 1150. The predicted octanol–water partition coefficient (Wildman–Crippen LogP) is 3.22. The number of nitrogens with one attached hydrogen (secondary N) is 1. The highest BCUT2D eigenvalue weighted by atomic mass is 16.5. The van der Waals surface area contributed by atoms with Crippen molar-refractivity contribution in [3.05, 3.63) is 47.7 Å². The number of carbonyl (C=O) groups is 2. The Morgan fingerprint density at radius 3 is 2.21 bits per heavy atom. The average molecular weight is 525 g/mol. The maximum Gasteiger partial charge on any atom is 0.329 e. The van der Waals surface area contributed by atoms with E-state index >= 15 is 0 Å². The summed E-state index contributed by atoms with van der Waals surface area (Å²) in [5.74, 6) is 1.96. The smallest absolute Gasteiger partial charge is 0.329 e. The van der Waals surface area contributed by atoms with E-state index in [1.165, 1.54) is 26.2 Å². The van der Waals surface area contributed by atoms with Crippen molar-refractivity contribution in [1.29, 1.82) is 0 Å². The van der Waals surface area contributed by atoms with Crippen LogP contribution in [0.15, 0.2) is 42.1 Å². The van der Waals surface area contributed by atoms with E-state index in [-0.39, 0.29) is 11.6 Å². The molecule has 2 aromatic rings. The number of imide groups is 1. The number of anilines is 1. The molecule has 38 heavy (non-hydrogen) atoms. The fourth-order valence-corrected chi connectivity index (χ4v) is 4.79. The molecule has 0 radical (unpaired) electrons. The van der Waals surface area contributed by atoms with Gasteiger partial charge in [0.25, 0.3) is 5.91 Å². The van der Waals surface area contributed by atoms with E-state index in [1.807, 2.05) is 25.1 Å². The van der Waals surface area contributed by atoms with Gasteiger partial charge in [0.15, 0.2) is 11.5 Å². The molecule has 2 aromatic carbocycles. The summed E-state index contributed by atoms with van der Waals surface area (Å²) in [5, 5.41) is 2.69. The molecule has 2 saturated heterocycles. The molecular weight excluding hydrogens is 488 g/mol. The van der Waals surface area contributed by atoms with E-state index in [9.17, 15) is 9.59 Å². The first kappa shape index (κ1) is 27.1. The Balaban J connectivity index is 1.31. The van der Waals surface area contributed by atoms with Crippen molar-refractivity contribution >= 4 is 23.7 Å². The Labute approximate surface area is 223 Å². The van der Waals surface area contributed by atoms with Crippen molar-refractivity contribution in [3.8, 4) is 23.0 Å². The molecule has 204 valence electrons. The highest BCUT2D eigenvalue weighted by Crippen LogP contribution is 2.39. The SMILES string of the molecule is CCOc1ccccc1N1CCN(CCCN2C(=O)N/C(=C/c3cc(OC)c(OC)c(OC)c3)C2=O)CC1. The first-order valence-electron chi connectivity index (χ1n) is 12.8. The van der Waals surface area contributed by atoms with Crippen LogP contribution in [0.1, 0.15) is 18.9 Å². The number of hydrogen-bond acceptors (Lipinski definition) is 8. The van der Waals surface area contributed by atoms with Crippen molar-refractivity contribution in [2.75, 3.05) is 72.1 Å². The number of benzene rings is 2. The van der Waals surface area contributed by atoms with Crippen LogP contribution in [0.4, 0.5) is 10.5 Å². The molecule has 0 spiro atoms. The number of para-hydroxylation sites is 2. The van der Waals surface area contributed by atoms with Crippen LogP contribution in [-0.2, 0) is 4.79 Å². The maximum absolute atomic E-state index is 13.0.